The number of aromatic nitrogens is 1. The number of aryl methyl sites for hydroxylation is 1. The molecule has 20 heavy (non-hydrogen) atoms. The Hall–Kier alpha value is -1.97. The zero-order valence-electron chi connectivity index (χ0n) is 11.0. The molecule has 6 heteroatoms. The van der Waals surface area contributed by atoms with Crippen molar-refractivity contribution in [3.63, 3.8) is 0 Å². The van der Waals surface area contributed by atoms with Crippen LogP contribution >= 0.6 is 12.2 Å². The molecule has 0 spiro atoms. The van der Waals surface area contributed by atoms with Crippen molar-refractivity contribution < 1.29 is 8.42 Å². The molecule has 102 valence electrons. The number of pyridine rings is 1. The fourth-order valence-corrected chi connectivity index (χ4v) is 3.09. The average molecular weight is 304 g/mol. The molecule has 0 fully saturated rings. The molecule has 1 aromatic heterocycles. The third-order valence-electron chi connectivity index (χ3n) is 2.98. The molecule has 4 nitrogen and oxygen atoms in total. The predicted octanol–water partition coefficient (Wildman–Crippen LogP) is 2.99. The molecule has 1 aromatic carbocycles. The van der Waals surface area contributed by atoms with Gasteiger partial charge < -0.3 is 4.98 Å². The molecule has 2 rings (SSSR count). The van der Waals surface area contributed by atoms with Gasteiger partial charge in [-0.1, -0.05) is 36.5 Å². The van der Waals surface area contributed by atoms with E-state index in [1.54, 1.807) is 12.1 Å². The second kappa shape index (κ2) is 5.19. The lowest BCUT2D eigenvalue weighted by atomic mass is 9.98. The fourth-order valence-electron chi connectivity index (χ4n) is 2.03. The Morgan fingerprint density at radius 3 is 2.50 bits per heavy atom. The standard InChI is InChI=1S/C14H12N2O2S2/c1-9-5-3-4-6-10(9)13-11(7-15)14(19)16-8-12(13)20(2,17)18/h3-6,8H,1-2H3,(H,16,19). The highest BCUT2D eigenvalue weighted by Crippen LogP contribution is 2.32. The second-order valence-corrected chi connectivity index (χ2v) is 6.82. The van der Waals surface area contributed by atoms with Crippen molar-refractivity contribution in [3.8, 4) is 17.2 Å². The highest BCUT2D eigenvalue weighted by Gasteiger charge is 2.20. The number of H-pyrrole nitrogens is 1. The first-order valence-corrected chi connectivity index (χ1v) is 8.08. The minimum atomic E-state index is -3.48. The van der Waals surface area contributed by atoms with E-state index in [-0.39, 0.29) is 15.1 Å². The van der Waals surface area contributed by atoms with Crippen LogP contribution in [-0.2, 0) is 9.84 Å². The van der Waals surface area contributed by atoms with Crippen LogP contribution in [0.2, 0.25) is 0 Å². The zero-order valence-corrected chi connectivity index (χ0v) is 12.6. The van der Waals surface area contributed by atoms with E-state index in [0.29, 0.717) is 11.1 Å². The SMILES string of the molecule is Cc1ccccc1-c1c(S(C)(=O)=O)c[nH]c(=S)c1C#N. The molecule has 0 unspecified atom stereocenters. The van der Waals surface area contributed by atoms with Gasteiger partial charge in [-0.3, -0.25) is 0 Å². The molecular weight excluding hydrogens is 292 g/mol. The Labute approximate surface area is 122 Å². The summed E-state index contributed by atoms with van der Waals surface area (Å²) in [4.78, 5) is 2.75. The maximum atomic E-state index is 12.0. The summed E-state index contributed by atoms with van der Waals surface area (Å²) in [5.74, 6) is 0. The van der Waals surface area contributed by atoms with Gasteiger partial charge in [-0.25, -0.2) is 8.42 Å². The van der Waals surface area contributed by atoms with Crippen molar-refractivity contribution in [3.05, 3.63) is 46.2 Å². The fraction of sp³-hybridized carbons (Fsp3) is 0.143. The number of nitrogens with one attached hydrogen (secondary N) is 1. The van der Waals surface area contributed by atoms with Gasteiger partial charge in [-0.15, -0.1) is 0 Å². The maximum Gasteiger partial charge on any atom is 0.177 e. The van der Waals surface area contributed by atoms with Crippen molar-refractivity contribution in [2.24, 2.45) is 0 Å². The van der Waals surface area contributed by atoms with E-state index in [1.807, 2.05) is 25.1 Å². The van der Waals surface area contributed by atoms with Gasteiger partial charge in [0.25, 0.3) is 0 Å². The van der Waals surface area contributed by atoms with Gasteiger partial charge in [0.1, 0.15) is 10.7 Å². The van der Waals surface area contributed by atoms with Crippen LogP contribution in [0.5, 0.6) is 0 Å². The number of hydrogen-bond donors (Lipinski definition) is 1. The van der Waals surface area contributed by atoms with E-state index in [2.05, 4.69) is 4.98 Å². The normalized spacial score (nSPS) is 11.1. The topological polar surface area (TPSA) is 73.7 Å². The summed E-state index contributed by atoms with van der Waals surface area (Å²) in [6, 6.07) is 9.31. The summed E-state index contributed by atoms with van der Waals surface area (Å²) in [6.07, 6.45) is 2.46. The molecule has 0 saturated carbocycles. The Kier molecular flexibility index (Phi) is 3.75. The quantitative estimate of drug-likeness (QED) is 0.866. The monoisotopic (exact) mass is 304 g/mol. The van der Waals surface area contributed by atoms with Gasteiger partial charge in [0.05, 0.1) is 10.5 Å². The van der Waals surface area contributed by atoms with Crippen molar-refractivity contribution in [2.75, 3.05) is 6.26 Å². The third kappa shape index (κ3) is 2.50. The van der Waals surface area contributed by atoms with E-state index in [1.165, 1.54) is 6.20 Å². The smallest absolute Gasteiger partial charge is 0.177 e. The first-order valence-electron chi connectivity index (χ1n) is 5.78. The second-order valence-electron chi connectivity index (χ2n) is 4.43. The van der Waals surface area contributed by atoms with Gasteiger partial charge in [0, 0.05) is 18.0 Å². The third-order valence-corrected chi connectivity index (χ3v) is 4.43. The number of nitriles is 1. The lowest BCUT2D eigenvalue weighted by Crippen LogP contribution is -2.04. The summed E-state index contributed by atoms with van der Waals surface area (Å²) < 4.78 is 24.1. The minimum Gasteiger partial charge on any atom is -0.350 e. The van der Waals surface area contributed by atoms with Gasteiger partial charge in [-0.2, -0.15) is 5.26 Å². The largest absolute Gasteiger partial charge is 0.350 e. The highest BCUT2D eigenvalue weighted by molar-refractivity contribution is 7.90. The molecule has 0 aliphatic heterocycles. The number of nitrogens with zero attached hydrogens (tertiary/aromatic N) is 1. The van der Waals surface area contributed by atoms with E-state index in [4.69, 9.17) is 12.2 Å². The Morgan fingerprint density at radius 1 is 1.30 bits per heavy atom. The molecular formula is C14H12N2O2S2. The average Bonchev–Trinajstić information content (AvgIpc) is 2.37. The molecule has 2 aromatic rings. The van der Waals surface area contributed by atoms with E-state index >= 15 is 0 Å². The number of rotatable bonds is 2. The van der Waals surface area contributed by atoms with E-state index < -0.39 is 9.84 Å². The summed E-state index contributed by atoms with van der Waals surface area (Å²) in [5, 5.41) is 9.31. The number of hydrogen-bond acceptors (Lipinski definition) is 4. The first-order chi connectivity index (χ1) is 9.36. The van der Waals surface area contributed by atoms with Crippen molar-refractivity contribution in [2.45, 2.75) is 11.8 Å². The van der Waals surface area contributed by atoms with Crippen LogP contribution < -0.4 is 0 Å². The number of sulfone groups is 1. The molecule has 0 aliphatic rings. The summed E-state index contributed by atoms with van der Waals surface area (Å²) in [7, 11) is -3.48. The van der Waals surface area contributed by atoms with Crippen molar-refractivity contribution in [1.82, 2.24) is 4.98 Å². The molecule has 0 saturated heterocycles. The van der Waals surface area contributed by atoms with E-state index in [0.717, 1.165) is 11.8 Å². The summed E-state index contributed by atoms with van der Waals surface area (Å²) in [5.41, 5.74) is 2.13. The van der Waals surface area contributed by atoms with Gasteiger partial charge in [0.15, 0.2) is 9.84 Å². The van der Waals surface area contributed by atoms with Gasteiger partial charge >= 0.3 is 0 Å². The molecule has 0 bridgehead atoms. The molecule has 0 amide bonds. The van der Waals surface area contributed by atoms with Crippen LogP contribution in [0.15, 0.2) is 35.4 Å². The Morgan fingerprint density at radius 2 is 1.95 bits per heavy atom. The van der Waals surface area contributed by atoms with Crippen LogP contribution in [0.4, 0.5) is 0 Å². The Bertz CT molecular complexity index is 875. The molecule has 0 atom stereocenters. The zero-order chi connectivity index (χ0) is 14.9. The van der Waals surface area contributed by atoms with E-state index in [9.17, 15) is 13.7 Å². The maximum absolute atomic E-state index is 12.0. The van der Waals surface area contributed by atoms with Crippen LogP contribution in [0.25, 0.3) is 11.1 Å². The Balaban J connectivity index is 3.01. The van der Waals surface area contributed by atoms with Crippen LogP contribution in [0, 0.1) is 22.9 Å². The summed E-state index contributed by atoms with van der Waals surface area (Å²) >= 11 is 5.09. The lowest BCUT2D eigenvalue weighted by molar-refractivity contribution is 0.601. The van der Waals surface area contributed by atoms with Crippen LogP contribution in [-0.4, -0.2) is 19.7 Å². The lowest BCUT2D eigenvalue weighted by Gasteiger charge is -2.12. The molecule has 0 radical (unpaired) electrons. The van der Waals surface area contributed by atoms with Gasteiger partial charge in [0.2, 0.25) is 0 Å². The number of aromatic amines is 1. The first kappa shape index (κ1) is 14.4. The summed E-state index contributed by atoms with van der Waals surface area (Å²) in [6.45, 7) is 1.86. The number of benzene rings is 1. The molecule has 1 heterocycles. The van der Waals surface area contributed by atoms with Crippen LogP contribution in [0.1, 0.15) is 11.1 Å². The van der Waals surface area contributed by atoms with Crippen molar-refractivity contribution in [1.29, 1.82) is 5.26 Å². The molecule has 0 aliphatic carbocycles. The van der Waals surface area contributed by atoms with Crippen LogP contribution in [0.3, 0.4) is 0 Å². The van der Waals surface area contributed by atoms with Gasteiger partial charge in [-0.05, 0) is 18.1 Å². The van der Waals surface area contributed by atoms with Crippen molar-refractivity contribution >= 4 is 22.1 Å². The molecule has 1 N–H and O–H groups in total. The highest BCUT2D eigenvalue weighted by atomic mass is 32.2. The predicted molar refractivity (Wildman–Crippen MR) is 79.6 cm³/mol. The minimum absolute atomic E-state index is 0.0805.